The Morgan fingerprint density at radius 3 is 2.26 bits per heavy atom. The van der Waals surface area contributed by atoms with Gasteiger partial charge < -0.3 is 10.6 Å². The second-order valence-corrected chi connectivity index (χ2v) is 6.43. The van der Waals surface area contributed by atoms with Crippen molar-refractivity contribution in [1.82, 2.24) is 4.31 Å². The van der Waals surface area contributed by atoms with Crippen LogP contribution in [0, 0.1) is 0 Å². The second-order valence-electron chi connectivity index (χ2n) is 4.28. The highest BCUT2D eigenvalue weighted by Crippen LogP contribution is 2.26. The molecule has 0 bridgehead atoms. The van der Waals surface area contributed by atoms with Crippen LogP contribution in [0.25, 0.3) is 0 Å². The zero-order chi connectivity index (χ0) is 14.8. The Labute approximate surface area is 111 Å². The van der Waals surface area contributed by atoms with Crippen LogP contribution in [-0.2, 0) is 10.0 Å². The van der Waals surface area contributed by atoms with Gasteiger partial charge in [-0.2, -0.15) is 0 Å². The molecule has 0 aliphatic heterocycles. The van der Waals surface area contributed by atoms with Crippen LogP contribution < -0.4 is 10.6 Å². The predicted molar refractivity (Wildman–Crippen MR) is 71.0 cm³/mol. The molecule has 0 aliphatic rings. The molecule has 0 aliphatic carbocycles. The lowest BCUT2D eigenvalue weighted by Gasteiger charge is -2.21. The molecule has 0 spiro atoms. The molecule has 0 saturated heterocycles. The van der Waals surface area contributed by atoms with E-state index in [0.717, 1.165) is 4.31 Å². The summed E-state index contributed by atoms with van der Waals surface area (Å²) in [5, 5.41) is 0. The number of hydrogen-bond acceptors (Lipinski definition) is 4. The Balaban J connectivity index is 3.12. The van der Waals surface area contributed by atoms with E-state index in [2.05, 4.69) is 0 Å². The third-order valence-corrected chi connectivity index (χ3v) is 4.41. The third kappa shape index (κ3) is 3.54. The summed E-state index contributed by atoms with van der Waals surface area (Å²) >= 11 is 0. The van der Waals surface area contributed by atoms with Gasteiger partial charge in [0.05, 0.1) is 22.8 Å². The number of nitrogen functional groups attached to an aromatic ring is 1. The Morgan fingerprint density at radius 2 is 1.84 bits per heavy atom. The van der Waals surface area contributed by atoms with E-state index in [1.165, 1.54) is 44.2 Å². The molecule has 0 atom stereocenters. The number of anilines is 2. The number of halogens is 2. The summed E-state index contributed by atoms with van der Waals surface area (Å²) in [6, 6.07) is 4.05. The minimum Gasteiger partial charge on any atom is -0.397 e. The van der Waals surface area contributed by atoms with Crippen molar-refractivity contribution in [2.75, 3.05) is 38.3 Å². The molecule has 0 aromatic heterocycles. The zero-order valence-corrected chi connectivity index (χ0v) is 11.8. The summed E-state index contributed by atoms with van der Waals surface area (Å²) in [5.74, 6) is 0. The van der Waals surface area contributed by atoms with Crippen molar-refractivity contribution in [3.8, 4) is 0 Å². The molecule has 1 aromatic rings. The van der Waals surface area contributed by atoms with Crippen LogP contribution in [0.4, 0.5) is 20.2 Å². The van der Waals surface area contributed by atoms with Crippen molar-refractivity contribution in [3.63, 3.8) is 0 Å². The van der Waals surface area contributed by atoms with Gasteiger partial charge in [0.1, 0.15) is 0 Å². The molecule has 0 heterocycles. The lowest BCUT2D eigenvalue weighted by atomic mass is 10.2. The predicted octanol–water partition coefficient (Wildman–Crippen LogP) is 1.22. The van der Waals surface area contributed by atoms with E-state index >= 15 is 0 Å². The van der Waals surface area contributed by atoms with Gasteiger partial charge in [0, 0.05) is 21.1 Å². The largest absolute Gasteiger partial charge is 0.397 e. The van der Waals surface area contributed by atoms with E-state index in [1.807, 2.05) is 0 Å². The van der Waals surface area contributed by atoms with Crippen LogP contribution in [0.15, 0.2) is 23.1 Å². The topological polar surface area (TPSA) is 66.6 Å². The number of nitrogens with zero attached hydrogens (tertiary/aromatic N) is 2. The number of hydrogen-bond donors (Lipinski definition) is 1. The second kappa shape index (κ2) is 5.70. The van der Waals surface area contributed by atoms with E-state index in [4.69, 9.17) is 5.73 Å². The monoisotopic (exact) mass is 293 g/mol. The molecular weight excluding hydrogens is 276 g/mol. The highest BCUT2D eigenvalue weighted by Gasteiger charge is 2.19. The van der Waals surface area contributed by atoms with Crippen molar-refractivity contribution in [2.45, 2.75) is 11.3 Å². The Morgan fingerprint density at radius 1 is 1.26 bits per heavy atom. The third-order valence-electron chi connectivity index (χ3n) is 2.60. The molecule has 0 radical (unpaired) electrons. The molecule has 0 saturated carbocycles. The van der Waals surface area contributed by atoms with Crippen molar-refractivity contribution >= 4 is 21.4 Å². The maximum Gasteiger partial charge on any atom is 0.255 e. The fourth-order valence-electron chi connectivity index (χ4n) is 1.56. The minimum absolute atomic E-state index is 0.0317. The average molecular weight is 293 g/mol. The highest BCUT2D eigenvalue weighted by atomic mass is 32.2. The van der Waals surface area contributed by atoms with Gasteiger partial charge in [-0.3, -0.25) is 0 Å². The fourth-order valence-corrected chi connectivity index (χ4v) is 2.49. The first-order chi connectivity index (χ1) is 8.66. The van der Waals surface area contributed by atoms with Gasteiger partial charge in [-0.05, 0) is 18.2 Å². The average Bonchev–Trinajstić information content (AvgIpc) is 2.27. The summed E-state index contributed by atoms with van der Waals surface area (Å²) in [5.41, 5.74) is 6.24. The van der Waals surface area contributed by atoms with Gasteiger partial charge in [0.25, 0.3) is 6.43 Å². The lowest BCUT2D eigenvalue weighted by Crippen LogP contribution is -2.25. The smallest absolute Gasteiger partial charge is 0.255 e. The van der Waals surface area contributed by atoms with Crippen LogP contribution in [0.5, 0.6) is 0 Å². The molecule has 2 N–H and O–H groups in total. The first-order valence-corrected chi connectivity index (χ1v) is 6.91. The first-order valence-electron chi connectivity index (χ1n) is 5.47. The summed E-state index contributed by atoms with van der Waals surface area (Å²) in [6.45, 7) is -0.468. The summed E-state index contributed by atoms with van der Waals surface area (Å²) in [7, 11) is 0.702. The zero-order valence-electron chi connectivity index (χ0n) is 11.0. The van der Waals surface area contributed by atoms with Gasteiger partial charge >= 0.3 is 0 Å². The van der Waals surface area contributed by atoms with E-state index in [-0.39, 0.29) is 10.6 Å². The quantitative estimate of drug-likeness (QED) is 0.829. The molecule has 0 fully saturated rings. The maximum absolute atomic E-state index is 12.3. The number of alkyl halides is 2. The summed E-state index contributed by atoms with van der Waals surface area (Å²) in [4.78, 5) is 1.32. The van der Waals surface area contributed by atoms with Gasteiger partial charge in [-0.15, -0.1) is 0 Å². The van der Waals surface area contributed by atoms with Crippen molar-refractivity contribution in [3.05, 3.63) is 18.2 Å². The molecule has 5 nitrogen and oxygen atoms in total. The standard InChI is InChI=1S/C11H17F2N3O2S/c1-15(2)19(17,18)8-4-5-10(9(14)6-8)16(3)7-11(12)13/h4-6,11H,7,14H2,1-3H3. The van der Waals surface area contributed by atoms with Crippen LogP contribution in [0.3, 0.4) is 0 Å². The fraction of sp³-hybridized carbons (Fsp3) is 0.455. The van der Waals surface area contributed by atoms with Crippen molar-refractivity contribution in [1.29, 1.82) is 0 Å². The Kier molecular flexibility index (Phi) is 4.70. The van der Waals surface area contributed by atoms with E-state index < -0.39 is 23.0 Å². The molecule has 8 heteroatoms. The van der Waals surface area contributed by atoms with Gasteiger partial charge in [0.2, 0.25) is 10.0 Å². The maximum atomic E-state index is 12.3. The molecule has 108 valence electrons. The summed E-state index contributed by atoms with van der Waals surface area (Å²) in [6.07, 6.45) is -2.49. The van der Waals surface area contributed by atoms with Crippen molar-refractivity contribution < 1.29 is 17.2 Å². The molecular formula is C11H17F2N3O2S. The number of benzene rings is 1. The number of nitrogens with two attached hydrogens (primary N) is 1. The number of sulfonamides is 1. The molecule has 1 rings (SSSR count). The van der Waals surface area contributed by atoms with Crippen LogP contribution >= 0.6 is 0 Å². The first kappa shape index (κ1) is 15.6. The van der Waals surface area contributed by atoms with Crippen molar-refractivity contribution in [2.24, 2.45) is 0 Å². The van der Waals surface area contributed by atoms with Gasteiger partial charge in [-0.25, -0.2) is 21.5 Å². The molecule has 19 heavy (non-hydrogen) atoms. The molecule has 0 unspecified atom stereocenters. The van der Waals surface area contributed by atoms with Crippen LogP contribution in [-0.4, -0.2) is 46.8 Å². The van der Waals surface area contributed by atoms with Gasteiger partial charge in [0.15, 0.2) is 0 Å². The number of rotatable bonds is 5. The normalized spacial score (nSPS) is 12.2. The summed E-state index contributed by atoms with van der Waals surface area (Å²) < 4.78 is 49.4. The SMILES string of the molecule is CN(CC(F)F)c1ccc(S(=O)(=O)N(C)C)cc1N. The molecule has 1 aromatic carbocycles. The molecule has 0 amide bonds. The minimum atomic E-state index is -3.58. The van der Waals surface area contributed by atoms with E-state index in [1.54, 1.807) is 0 Å². The Hall–Kier alpha value is -1.41. The lowest BCUT2D eigenvalue weighted by molar-refractivity contribution is 0.156. The van der Waals surface area contributed by atoms with Crippen LogP contribution in [0.2, 0.25) is 0 Å². The Bertz CT molecular complexity index is 547. The van der Waals surface area contributed by atoms with Gasteiger partial charge in [-0.1, -0.05) is 0 Å². The van der Waals surface area contributed by atoms with Crippen LogP contribution in [0.1, 0.15) is 0 Å². The van der Waals surface area contributed by atoms with E-state index in [0.29, 0.717) is 5.69 Å². The van der Waals surface area contributed by atoms with E-state index in [9.17, 15) is 17.2 Å². The highest BCUT2D eigenvalue weighted by molar-refractivity contribution is 7.89.